The molecule has 6 heteroatoms. The molecule has 0 aliphatic heterocycles. The van der Waals surface area contributed by atoms with E-state index >= 15 is 0 Å². The van der Waals surface area contributed by atoms with Gasteiger partial charge in [-0.05, 0) is 31.9 Å². The van der Waals surface area contributed by atoms with Gasteiger partial charge in [0.15, 0.2) is 0 Å². The molecule has 0 radical (unpaired) electrons. The Morgan fingerprint density at radius 3 is 2.00 bits per heavy atom. The lowest BCUT2D eigenvalue weighted by molar-refractivity contribution is -0.130. The quantitative estimate of drug-likeness (QED) is 0.873. The highest BCUT2D eigenvalue weighted by Gasteiger charge is 2.24. The van der Waals surface area contributed by atoms with Gasteiger partial charge in [-0.1, -0.05) is 12.1 Å². The minimum Gasteiger partial charge on any atom is -0.478 e. The van der Waals surface area contributed by atoms with E-state index in [-0.39, 0.29) is 17.0 Å². The Morgan fingerprint density at radius 1 is 1.10 bits per heavy atom. The normalized spacial score (nSPS) is 11.7. The van der Waals surface area contributed by atoms with Crippen molar-refractivity contribution < 1.29 is 19.5 Å². The van der Waals surface area contributed by atoms with Gasteiger partial charge >= 0.3 is 5.97 Å². The highest BCUT2D eigenvalue weighted by Crippen LogP contribution is 2.19. The summed E-state index contributed by atoms with van der Waals surface area (Å²) in [6.45, 7) is 4.86. The number of nitrogens with one attached hydrogen (secondary N) is 1. The molecule has 0 fully saturated rings. The van der Waals surface area contributed by atoms with Crippen molar-refractivity contribution in [2.24, 2.45) is 0 Å². The van der Waals surface area contributed by atoms with Crippen LogP contribution in [-0.4, -0.2) is 47.9 Å². The van der Waals surface area contributed by atoms with E-state index in [4.69, 9.17) is 0 Å². The molecule has 1 unspecified atom stereocenters. The zero-order chi connectivity index (χ0) is 16.3. The summed E-state index contributed by atoms with van der Waals surface area (Å²) >= 11 is 0. The van der Waals surface area contributed by atoms with Gasteiger partial charge in [0, 0.05) is 14.1 Å². The zero-order valence-electron chi connectivity index (χ0n) is 12.9. The van der Waals surface area contributed by atoms with Crippen LogP contribution in [-0.2, 0) is 4.79 Å². The average molecular weight is 292 g/mol. The number of carboxylic acid groups (broad SMARTS) is 1. The van der Waals surface area contributed by atoms with Gasteiger partial charge in [-0.3, -0.25) is 9.59 Å². The summed E-state index contributed by atoms with van der Waals surface area (Å²) in [5.41, 5.74) is 1.13. The van der Waals surface area contributed by atoms with Crippen molar-refractivity contribution in [3.8, 4) is 0 Å². The van der Waals surface area contributed by atoms with Gasteiger partial charge in [0.25, 0.3) is 5.91 Å². The van der Waals surface area contributed by atoms with Crippen molar-refractivity contribution in [2.45, 2.75) is 26.8 Å². The minimum absolute atomic E-state index is 0.0306. The van der Waals surface area contributed by atoms with E-state index in [1.54, 1.807) is 47.0 Å². The van der Waals surface area contributed by atoms with Crippen LogP contribution < -0.4 is 5.32 Å². The molecule has 0 heterocycles. The van der Waals surface area contributed by atoms with Gasteiger partial charge in [0.1, 0.15) is 6.04 Å². The van der Waals surface area contributed by atoms with Gasteiger partial charge in [0.05, 0.1) is 11.1 Å². The van der Waals surface area contributed by atoms with Crippen molar-refractivity contribution in [1.82, 2.24) is 10.2 Å². The zero-order valence-corrected chi connectivity index (χ0v) is 12.9. The summed E-state index contributed by atoms with van der Waals surface area (Å²) in [6.07, 6.45) is 0. The molecule has 21 heavy (non-hydrogen) atoms. The van der Waals surface area contributed by atoms with E-state index in [9.17, 15) is 19.5 Å². The highest BCUT2D eigenvalue weighted by atomic mass is 16.4. The van der Waals surface area contributed by atoms with Gasteiger partial charge in [-0.15, -0.1) is 0 Å². The predicted octanol–water partition coefficient (Wildman–Crippen LogP) is 1.21. The van der Waals surface area contributed by atoms with Crippen LogP contribution in [0.1, 0.15) is 38.8 Å². The first-order chi connectivity index (χ1) is 9.66. The van der Waals surface area contributed by atoms with Crippen LogP contribution in [0.15, 0.2) is 12.1 Å². The molecule has 2 amide bonds. The lowest BCUT2D eigenvalue weighted by atomic mass is 9.96. The molecule has 0 bridgehead atoms. The number of amides is 2. The molecule has 1 atom stereocenters. The van der Waals surface area contributed by atoms with Crippen LogP contribution in [0.2, 0.25) is 0 Å². The minimum atomic E-state index is -1.16. The molecule has 114 valence electrons. The van der Waals surface area contributed by atoms with Gasteiger partial charge < -0.3 is 15.3 Å². The first-order valence-corrected chi connectivity index (χ1v) is 6.52. The number of aromatic carboxylic acids is 1. The Hall–Kier alpha value is -2.37. The summed E-state index contributed by atoms with van der Waals surface area (Å²) in [5, 5.41) is 11.8. The van der Waals surface area contributed by atoms with Gasteiger partial charge in [-0.25, -0.2) is 4.79 Å². The van der Waals surface area contributed by atoms with E-state index in [0.717, 1.165) is 0 Å². The summed E-state index contributed by atoms with van der Waals surface area (Å²) < 4.78 is 0. The second-order valence-corrected chi connectivity index (χ2v) is 5.18. The fourth-order valence-corrected chi connectivity index (χ4v) is 2.10. The maximum absolute atomic E-state index is 12.3. The Bertz CT molecular complexity index is 594. The molecule has 1 aromatic carbocycles. The molecular formula is C15H20N2O4. The molecular weight excluding hydrogens is 272 g/mol. The Morgan fingerprint density at radius 2 is 1.57 bits per heavy atom. The van der Waals surface area contributed by atoms with Crippen LogP contribution in [0.4, 0.5) is 0 Å². The molecule has 1 rings (SSSR count). The Kier molecular flexibility index (Phi) is 5.07. The predicted molar refractivity (Wildman–Crippen MR) is 78.5 cm³/mol. The van der Waals surface area contributed by atoms with Crippen LogP contribution in [0, 0.1) is 13.8 Å². The van der Waals surface area contributed by atoms with Crippen LogP contribution in [0.5, 0.6) is 0 Å². The van der Waals surface area contributed by atoms with Crippen molar-refractivity contribution in [1.29, 1.82) is 0 Å². The Labute approximate surface area is 123 Å². The number of rotatable bonds is 4. The van der Waals surface area contributed by atoms with E-state index in [0.29, 0.717) is 11.1 Å². The van der Waals surface area contributed by atoms with Crippen molar-refractivity contribution in [2.75, 3.05) is 14.1 Å². The smallest absolute Gasteiger partial charge is 0.336 e. The summed E-state index contributed by atoms with van der Waals surface area (Å²) in [4.78, 5) is 36.8. The summed E-state index contributed by atoms with van der Waals surface area (Å²) in [5.74, 6) is -1.98. The monoisotopic (exact) mass is 292 g/mol. The first-order valence-electron chi connectivity index (χ1n) is 6.52. The molecule has 0 spiro atoms. The van der Waals surface area contributed by atoms with Crippen molar-refractivity contribution in [3.63, 3.8) is 0 Å². The van der Waals surface area contributed by atoms with E-state index < -0.39 is 17.9 Å². The van der Waals surface area contributed by atoms with Crippen molar-refractivity contribution >= 4 is 17.8 Å². The number of carbonyl (C=O) groups excluding carboxylic acids is 2. The fourth-order valence-electron chi connectivity index (χ4n) is 2.10. The number of nitrogens with zero attached hydrogens (tertiary/aromatic N) is 1. The highest BCUT2D eigenvalue weighted by molar-refractivity contribution is 6.07. The number of likely N-dealkylation sites (N-methyl/N-ethyl adjacent to an activating group) is 1. The maximum atomic E-state index is 12.3. The lowest BCUT2D eigenvalue weighted by Gasteiger charge is -2.19. The second kappa shape index (κ2) is 6.39. The maximum Gasteiger partial charge on any atom is 0.336 e. The summed E-state index contributed by atoms with van der Waals surface area (Å²) in [6, 6.07) is 2.62. The second-order valence-electron chi connectivity index (χ2n) is 5.18. The molecule has 0 aromatic heterocycles. The molecule has 0 aliphatic carbocycles. The van der Waals surface area contributed by atoms with Gasteiger partial charge in [0.2, 0.25) is 5.91 Å². The number of carboxylic acids is 1. The number of hydrogen-bond donors (Lipinski definition) is 2. The number of carbonyl (C=O) groups is 3. The third kappa shape index (κ3) is 3.59. The van der Waals surface area contributed by atoms with E-state index in [1.165, 1.54) is 4.90 Å². The van der Waals surface area contributed by atoms with E-state index in [2.05, 4.69) is 5.32 Å². The van der Waals surface area contributed by atoms with Crippen molar-refractivity contribution in [3.05, 3.63) is 34.4 Å². The van der Waals surface area contributed by atoms with Crippen LogP contribution >= 0.6 is 0 Å². The largest absolute Gasteiger partial charge is 0.478 e. The standard InChI is InChI=1S/C15H20N2O4/c1-8-6-7-9(2)12(15(20)21)11(8)13(18)16-10(3)14(19)17(4)5/h6-7,10H,1-5H3,(H,16,18)(H,20,21). The first kappa shape index (κ1) is 16.7. The van der Waals surface area contributed by atoms with Gasteiger partial charge in [-0.2, -0.15) is 0 Å². The van der Waals surface area contributed by atoms with Crippen LogP contribution in [0.25, 0.3) is 0 Å². The molecule has 1 aromatic rings. The SMILES string of the molecule is Cc1ccc(C)c(C(=O)NC(C)C(=O)N(C)C)c1C(=O)O. The molecule has 0 saturated heterocycles. The van der Waals surface area contributed by atoms with E-state index in [1.807, 2.05) is 0 Å². The molecule has 6 nitrogen and oxygen atoms in total. The third-order valence-corrected chi connectivity index (χ3v) is 3.22. The molecule has 0 saturated carbocycles. The topological polar surface area (TPSA) is 86.7 Å². The Balaban J connectivity index is 3.17. The lowest BCUT2D eigenvalue weighted by Crippen LogP contribution is -2.44. The fraction of sp³-hybridized carbons (Fsp3) is 0.400. The third-order valence-electron chi connectivity index (χ3n) is 3.22. The summed E-state index contributed by atoms with van der Waals surface area (Å²) in [7, 11) is 3.18. The number of aryl methyl sites for hydroxylation is 2. The number of hydrogen-bond acceptors (Lipinski definition) is 3. The average Bonchev–Trinajstić information content (AvgIpc) is 2.39. The molecule has 2 N–H and O–H groups in total. The molecule has 0 aliphatic rings. The van der Waals surface area contributed by atoms with Crippen LogP contribution in [0.3, 0.4) is 0 Å². The number of benzene rings is 1.